The lowest BCUT2D eigenvalue weighted by Crippen LogP contribution is -2.46. The van der Waals surface area contributed by atoms with Crippen LogP contribution in [0.3, 0.4) is 0 Å². The predicted molar refractivity (Wildman–Crippen MR) is 54.9 cm³/mol. The first-order valence-corrected chi connectivity index (χ1v) is 6.67. The maximum Gasteiger partial charge on any atom is 0.275 e. The van der Waals surface area contributed by atoms with Crippen molar-refractivity contribution in [1.29, 1.82) is 0 Å². The Balaban J connectivity index is 2.46. The number of carbonyl (C=O) groups is 1. The standard InChI is InChI=1S/C10H16O4S/c1-5-6-4-7(10(5,2)3)9(8(6)11)15(12,13)14/h5-7,9H,4H2,1-3H3,(H,12,13,14)/t5-,6-,7-,9+/m1/s1. The van der Waals surface area contributed by atoms with Crippen molar-refractivity contribution in [3.05, 3.63) is 0 Å². The normalized spacial score (nSPS) is 43.6. The summed E-state index contributed by atoms with van der Waals surface area (Å²) < 4.78 is 31.4. The highest BCUT2D eigenvalue weighted by atomic mass is 32.2. The number of carbonyl (C=O) groups excluding carboxylic acids is 1. The summed E-state index contributed by atoms with van der Waals surface area (Å²) in [5, 5.41) is -1.17. The van der Waals surface area contributed by atoms with Crippen molar-refractivity contribution in [2.24, 2.45) is 23.2 Å². The molecular formula is C10H16O4S. The van der Waals surface area contributed by atoms with Gasteiger partial charge in [0, 0.05) is 5.92 Å². The van der Waals surface area contributed by atoms with Gasteiger partial charge in [-0.15, -0.1) is 0 Å². The van der Waals surface area contributed by atoms with Gasteiger partial charge in [0.25, 0.3) is 10.1 Å². The van der Waals surface area contributed by atoms with Crippen molar-refractivity contribution in [3.63, 3.8) is 0 Å². The van der Waals surface area contributed by atoms with Crippen LogP contribution >= 0.6 is 0 Å². The third-order valence-electron chi connectivity index (χ3n) is 4.57. The van der Waals surface area contributed by atoms with Crippen LogP contribution in [0, 0.1) is 23.2 Å². The van der Waals surface area contributed by atoms with E-state index in [1.807, 2.05) is 20.8 Å². The first kappa shape index (κ1) is 11.1. The highest BCUT2D eigenvalue weighted by molar-refractivity contribution is 7.87. The zero-order chi connectivity index (χ0) is 11.6. The fourth-order valence-corrected chi connectivity index (χ4v) is 4.62. The van der Waals surface area contributed by atoms with Crippen molar-refractivity contribution in [2.75, 3.05) is 0 Å². The molecule has 2 aliphatic carbocycles. The molecule has 5 heteroatoms. The molecule has 0 aromatic rings. The topological polar surface area (TPSA) is 71.4 Å². The number of rotatable bonds is 1. The maximum atomic E-state index is 11.8. The second kappa shape index (κ2) is 2.83. The van der Waals surface area contributed by atoms with E-state index < -0.39 is 15.4 Å². The molecule has 2 bridgehead atoms. The summed E-state index contributed by atoms with van der Waals surface area (Å²) in [6.07, 6.45) is 0.609. The molecule has 4 nitrogen and oxygen atoms in total. The van der Waals surface area contributed by atoms with Gasteiger partial charge in [0.1, 0.15) is 5.25 Å². The van der Waals surface area contributed by atoms with E-state index in [-0.39, 0.29) is 29.0 Å². The van der Waals surface area contributed by atoms with Gasteiger partial charge in [-0.3, -0.25) is 9.35 Å². The van der Waals surface area contributed by atoms with Gasteiger partial charge in [0.05, 0.1) is 0 Å². The van der Waals surface area contributed by atoms with E-state index >= 15 is 0 Å². The van der Waals surface area contributed by atoms with E-state index in [1.165, 1.54) is 0 Å². The molecule has 0 aliphatic heterocycles. The summed E-state index contributed by atoms with van der Waals surface area (Å²) in [5.41, 5.74) is -0.182. The summed E-state index contributed by atoms with van der Waals surface area (Å²) in [6, 6.07) is 0. The number of hydrogen-bond acceptors (Lipinski definition) is 3. The molecule has 2 fully saturated rings. The van der Waals surface area contributed by atoms with E-state index in [0.717, 1.165) is 0 Å². The van der Waals surface area contributed by atoms with Gasteiger partial charge in [-0.05, 0) is 23.7 Å². The quantitative estimate of drug-likeness (QED) is 0.688. The second-order valence-corrected chi connectivity index (χ2v) is 6.93. The van der Waals surface area contributed by atoms with E-state index in [4.69, 9.17) is 4.55 Å². The molecule has 0 radical (unpaired) electrons. The predicted octanol–water partition coefficient (Wildman–Crippen LogP) is 1.12. The molecule has 86 valence electrons. The summed E-state index contributed by atoms with van der Waals surface area (Å²) in [7, 11) is -4.23. The van der Waals surface area contributed by atoms with Gasteiger partial charge in [-0.25, -0.2) is 0 Å². The molecule has 0 aromatic heterocycles. The molecule has 4 atom stereocenters. The van der Waals surface area contributed by atoms with E-state index in [1.54, 1.807) is 0 Å². The highest BCUT2D eigenvalue weighted by Crippen LogP contribution is 2.58. The molecule has 0 amide bonds. The van der Waals surface area contributed by atoms with Crippen LogP contribution in [0.2, 0.25) is 0 Å². The molecule has 1 N–H and O–H groups in total. The van der Waals surface area contributed by atoms with Gasteiger partial charge in [0.2, 0.25) is 0 Å². The van der Waals surface area contributed by atoms with Gasteiger partial charge >= 0.3 is 0 Å². The zero-order valence-electron chi connectivity index (χ0n) is 9.10. The number of hydrogen-bond donors (Lipinski definition) is 1. The van der Waals surface area contributed by atoms with E-state index in [2.05, 4.69) is 0 Å². The summed E-state index contributed by atoms with van der Waals surface area (Å²) in [4.78, 5) is 11.8. The number of Topliss-reactive ketones (excluding diaryl/α,β-unsaturated/α-hetero) is 1. The van der Waals surface area contributed by atoms with Crippen LogP contribution in [0.15, 0.2) is 0 Å². The van der Waals surface area contributed by atoms with E-state index in [9.17, 15) is 13.2 Å². The Morgan fingerprint density at radius 1 is 1.40 bits per heavy atom. The summed E-state index contributed by atoms with van der Waals surface area (Å²) in [5.74, 6) is -0.487. The lowest BCUT2D eigenvalue weighted by molar-refractivity contribution is -0.125. The molecule has 2 rings (SSSR count). The average molecular weight is 232 g/mol. The largest absolute Gasteiger partial charge is 0.298 e. The maximum absolute atomic E-state index is 11.8. The van der Waals surface area contributed by atoms with Gasteiger partial charge in [-0.1, -0.05) is 20.8 Å². The Bertz CT molecular complexity index is 409. The van der Waals surface area contributed by atoms with Crippen LogP contribution in [0.4, 0.5) is 0 Å². The highest BCUT2D eigenvalue weighted by Gasteiger charge is 2.63. The minimum Gasteiger partial charge on any atom is -0.298 e. The first-order chi connectivity index (χ1) is 6.67. The lowest BCUT2D eigenvalue weighted by Gasteiger charge is -2.38. The molecular weight excluding hydrogens is 216 g/mol. The van der Waals surface area contributed by atoms with Gasteiger partial charge < -0.3 is 0 Å². The first-order valence-electron chi connectivity index (χ1n) is 5.17. The van der Waals surface area contributed by atoms with Crippen molar-refractivity contribution >= 4 is 15.9 Å². The van der Waals surface area contributed by atoms with Crippen molar-refractivity contribution in [3.8, 4) is 0 Å². The molecule has 15 heavy (non-hydrogen) atoms. The smallest absolute Gasteiger partial charge is 0.275 e. The molecule has 0 spiro atoms. The minimum atomic E-state index is -4.23. The fraction of sp³-hybridized carbons (Fsp3) is 0.900. The van der Waals surface area contributed by atoms with Gasteiger partial charge in [0.15, 0.2) is 5.78 Å². The second-order valence-electron chi connectivity index (χ2n) is 5.40. The average Bonchev–Trinajstić information content (AvgIpc) is 2.48. The molecule has 2 saturated carbocycles. The third-order valence-corrected chi connectivity index (χ3v) is 5.78. The van der Waals surface area contributed by atoms with Gasteiger partial charge in [-0.2, -0.15) is 8.42 Å². The molecule has 2 aliphatic rings. The number of fused-ring (bicyclic) bond motifs is 2. The Morgan fingerprint density at radius 3 is 2.33 bits per heavy atom. The molecule has 0 heterocycles. The van der Waals surface area contributed by atoms with Crippen LogP contribution in [-0.4, -0.2) is 24.0 Å². The molecule has 0 unspecified atom stereocenters. The van der Waals surface area contributed by atoms with Crippen molar-refractivity contribution < 1.29 is 17.8 Å². The molecule has 0 saturated heterocycles. The van der Waals surface area contributed by atoms with Crippen molar-refractivity contribution in [2.45, 2.75) is 32.4 Å². The zero-order valence-corrected chi connectivity index (χ0v) is 9.91. The summed E-state index contributed by atoms with van der Waals surface area (Å²) >= 11 is 0. The van der Waals surface area contributed by atoms with E-state index in [0.29, 0.717) is 6.42 Å². The monoisotopic (exact) mass is 232 g/mol. The summed E-state index contributed by atoms with van der Waals surface area (Å²) in [6.45, 7) is 5.95. The van der Waals surface area contributed by atoms with Crippen LogP contribution < -0.4 is 0 Å². The van der Waals surface area contributed by atoms with Crippen LogP contribution in [-0.2, 0) is 14.9 Å². The Morgan fingerprint density at radius 2 is 1.93 bits per heavy atom. The Kier molecular flexibility index (Phi) is 2.09. The van der Waals surface area contributed by atoms with Crippen LogP contribution in [0.1, 0.15) is 27.2 Å². The fourth-order valence-electron chi connectivity index (χ4n) is 3.28. The lowest BCUT2D eigenvalue weighted by atomic mass is 9.69. The molecule has 0 aromatic carbocycles. The Labute approximate surface area is 89.8 Å². The Hall–Kier alpha value is -0.420. The number of ketones is 1. The third kappa shape index (κ3) is 1.29. The minimum absolute atomic E-state index is 0.182. The van der Waals surface area contributed by atoms with Crippen molar-refractivity contribution in [1.82, 2.24) is 0 Å². The SMILES string of the molecule is C[C@@H]1[C@H]2C[C@H]([C@H](S(=O)(=O)O)C2=O)C1(C)C. The van der Waals surface area contributed by atoms with Crippen LogP contribution in [0.25, 0.3) is 0 Å². The van der Waals surface area contributed by atoms with Crippen LogP contribution in [0.5, 0.6) is 0 Å².